The maximum absolute atomic E-state index is 11.8. The molecule has 0 aromatic heterocycles. The van der Waals surface area contributed by atoms with E-state index in [0.29, 0.717) is 0 Å². The van der Waals surface area contributed by atoms with Gasteiger partial charge < -0.3 is 5.11 Å². The summed E-state index contributed by atoms with van der Waals surface area (Å²) >= 11 is 4.70. The maximum Gasteiger partial charge on any atom is 0.269 e. The van der Waals surface area contributed by atoms with Gasteiger partial charge in [0.25, 0.3) is 5.91 Å². The molecule has 0 radical (unpaired) electrons. The molecule has 2 aromatic carbocycles. The van der Waals surface area contributed by atoms with Gasteiger partial charge in [0.2, 0.25) is 5.91 Å². The zero-order chi connectivity index (χ0) is 15.9. The summed E-state index contributed by atoms with van der Waals surface area (Å²) in [5.41, 5.74) is 4.90. The maximum atomic E-state index is 11.8. The highest BCUT2D eigenvalue weighted by molar-refractivity contribution is 9.10. The minimum atomic E-state index is -0.488. The molecule has 0 heterocycles. The number of hydrogen-bond donors (Lipinski definition) is 3. The van der Waals surface area contributed by atoms with Gasteiger partial charge in [0.1, 0.15) is 5.75 Å². The van der Waals surface area contributed by atoms with Gasteiger partial charge in [-0.15, -0.1) is 11.8 Å². The molecule has 0 aliphatic rings. The summed E-state index contributed by atoms with van der Waals surface area (Å²) in [5.74, 6) is -0.633. The van der Waals surface area contributed by atoms with E-state index in [1.807, 2.05) is 24.3 Å². The Morgan fingerprint density at radius 2 is 1.82 bits per heavy atom. The van der Waals surface area contributed by atoms with E-state index >= 15 is 0 Å². The van der Waals surface area contributed by atoms with E-state index in [1.165, 1.54) is 30.0 Å². The molecule has 2 amide bonds. The Labute approximate surface area is 140 Å². The van der Waals surface area contributed by atoms with Crippen LogP contribution in [0.4, 0.5) is 0 Å². The largest absolute Gasteiger partial charge is 0.508 e. The fraction of sp³-hybridized carbons (Fsp3) is 0.0667. The lowest BCUT2D eigenvalue weighted by Gasteiger charge is -2.07. The van der Waals surface area contributed by atoms with E-state index in [1.54, 1.807) is 6.07 Å². The molecule has 0 aliphatic heterocycles. The number of carbonyl (C=O) groups excluding carboxylic acids is 2. The van der Waals surface area contributed by atoms with E-state index in [9.17, 15) is 14.7 Å². The number of thioether (sulfide) groups is 1. The third-order valence-corrected chi connectivity index (χ3v) is 4.15. The predicted molar refractivity (Wildman–Crippen MR) is 88.6 cm³/mol. The highest BCUT2D eigenvalue weighted by atomic mass is 79.9. The number of benzene rings is 2. The first-order chi connectivity index (χ1) is 10.5. The summed E-state index contributed by atoms with van der Waals surface area (Å²) in [5, 5.41) is 9.30. The minimum Gasteiger partial charge on any atom is -0.508 e. The second-order valence-corrected chi connectivity index (χ2v) is 6.26. The fourth-order valence-electron chi connectivity index (χ4n) is 1.56. The first-order valence-corrected chi connectivity index (χ1v) is 8.09. The highest BCUT2D eigenvalue weighted by Gasteiger charge is 2.08. The van der Waals surface area contributed by atoms with Crippen molar-refractivity contribution >= 4 is 39.5 Å². The zero-order valence-electron chi connectivity index (χ0n) is 11.4. The molecule has 0 saturated heterocycles. The van der Waals surface area contributed by atoms with Crippen molar-refractivity contribution in [2.75, 3.05) is 5.75 Å². The molecule has 0 bridgehead atoms. The quantitative estimate of drug-likeness (QED) is 0.562. The van der Waals surface area contributed by atoms with Gasteiger partial charge in [-0.3, -0.25) is 20.4 Å². The van der Waals surface area contributed by atoms with Crippen LogP contribution in [0.5, 0.6) is 5.75 Å². The molecular formula is C15H13BrN2O3S. The Kier molecular flexibility index (Phi) is 5.85. The molecule has 0 spiro atoms. The second-order valence-electron chi connectivity index (χ2n) is 4.30. The van der Waals surface area contributed by atoms with Gasteiger partial charge in [-0.05, 0) is 42.5 Å². The number of rotatable bonds is 4. The summed E-state index contributed by atoms with van der Waals surface area (Å²) in [6.45, 7) is 0. The van der Waals surface area contributed by atoms with Crippen molar-refractivity contribution < 1.29 is 14.7 Å². The van der Waals surface area contributed by atoms with Crippen LogP contribution >= 0.6 is 27.7 Å². The third-order valence-electron chi connectivity index (χ3n) is 2.61. The number of phenols is 1. The van der Waals surface area contributed by atoms with Gasteiger partial charge in [-0.1, -0.05) is 22.0 Å². The molecule has 5 nitrogen and oxygen atoms in total. The number of hydrogen-bond acceptors (Lipinski definition) is 4. The molecule has 2 aromatic rings. The minimum absolute atomic E-state index is 0.00947. The van der Waals surface area contributed by atoms with Crippen LogP contribution in [0, 0.1) is 0 Å². The van der Waals surface area contributed by atoms with Crippen LogP contribution < -0.4 is 10.9 Å². The van der Waals surface area contributed by atoms with Crippen LogP contribution in [0.3, 0.4) is 0 Å². The molecule has 7 heteroatoms. The molecule has 2 rings (SSSR count). The van der Waals surface area contributed by atoms with E-state index in [0.717, 1.165) is 9.37 Å². The van der Waals surface area contributed by atoms with Crippen molar-refractivity contribution in [2.45, 2.75) is 4.90 Å². The van der Waals surface area contributed by atoms with Crippen molar-refractivity contribution in [2.24, 2.45) is 0 Å². The number of aromatic hydroxyl groups is 1. The Morgan fingerprint density at radius 1 is 1.09 bits per heavy atom. The van der Waals surface area contributed by atoms with Gasteiger partial charge in [-0.2, -0.15) is 0 Å². The van der Waals surface area contributed by atoms with Gasteiger partial charge in [0.15, 0.2) is 0 Å². The lowest BCUT2D eigenvalue weighted by molar-refractivity contribution is -0.119. The van der Waals surface area contributed by atoms with E-state index in [-0.39, 0.29) is 23.0 Å². The first-order valence-electron chi connectivity index (χ1n) is 6.31. The standard InChI is InChI=1S/C15H13BrN2O3S/c16-11-4-6-13(7-5-11)22-9-14(20)17-18-15(21)10-2-1-3-12(19)8-10/h1-8,19H,9H2,(H,17,20)(H,18,21). The van der Waals surface area contributed by atoms with Crippen molar-refractivity contribution in [3.8, 4) is 5.75 Å². The lowest BCUT2D eigenvalue weighted by atomic mass is 10.2. The van der Waals surface area contributed by atoms with Crippen molar-refractivity contribution in [3.05, 3.63) is 58.6 Å². The molecule has 0 fully saturated rings. The van der Waals surface area contributed by atoms with Gasteiger partial charge >= 0.3 is 0 Å². The molecule has 114 valence electrons. The second kappa shape index (κ2) is 7.86. The van der Waals surface area contributed by atoms with Crippen molar-refractivity contribution in [1.29, 1.82) is 0 Å². The number of carbonyl (C=O) groups is 2. The van der Waals surface area contributed by atoms with Crippen LogP contribution in [0.2, 0.25) is 0 Å². The molecule has 22 heavy (non-hydrogen) atoms. The molecular weight excluding hydrogens is 368 g/mol. The van der Waals surface area contributed by atoms with E-state index in [4.69, 9.17) is 0 Å². The van der Waals surface area contributed by atoms with Gasteiger partial charge in [-0.25, -0.2) is 0 Å². The van der Waals surface area contributed by atoms with E-state index < -0.39 is 5.91 Å². The Morgan fingerprint density at radius 3 is 2.50 bits per heavy atom. The van der Waals surface area contributed by atoms with Gasteiger partial charge in [0, 0.05) is 14.9 Å². The molecule has 3 N–H and O–H groups in total. The first kappa shape index (κ1) is 16.4. The normalized spacial score (nSPS) is 10.0. The Hall–Kier alpha value is -1.99. The summed E-state index contributed by atoms with van der Waals surface area (Å²) in [6.07, 6.45) is 0. The van der Waals surface area contributed by atoms with E-state index in [2.05, 4.69) is 26.8 Å². The number of nitrogens with one attached hydrogen (secondary N) is 2. The molecule has 0 saturated carbocycles. The van der Waals surface area contributed by atoms with Crippen LogP contribution in [0.1, 0.15) is 10.4 Å². The summed E-state index contributed by atoms with van der Waals surface area (Å²) in [6, 6.07) is 13.4. The van der Waals surface area contributed by atoms with Crippen LogP contribution in [-0.4, -0.2) is 22.7 Å². The summed E-state index contributed by atoms with van der Waals surface area (Å²) < 4.78 is 0.972. The Bertz CT molecular complexity index is 677. The molecule has 0 unspecified atom stereocenters. The van der Waals surface area contributed by atoms with Crippen molar-refractivity contribution in [1.82, 2.24) is 10.9 Å². The van der Waals surface area contributed by atoms with Crippen LogP contribution in [0.15, 0.2) is 57.9 Å². The van der Waals surface area contributed by atoms with Crippen LogP contribution in [-0.2, 0) is 4.79 Å². The average molecular weight is 381 g/mol. The Balaban J connectivity index is 1.78. The molecule has 0 aliphatic carbocycles. The summed E-state index contributed by atoms with van der Waals surface area (Å²) in [7, 11) is 0. The smallest absolute Gasteiger partial charge is 0.269 e. The fourth-order valence-corrected chi connectivity index (χ4v) is 2.52. The van der Waals surface area contributed by atoms with Crippen molar-refractivity contribution in [3.63, 3.8) is 0 Å². The topological polar surface area (TPSA) is 78.4 Å². The monoisotopic (exact) mass is 380 g/mol. The highest BCUT2D eigenvalue weighted by Crippen LogP contribution is 2.20. The molecule has 0 atom stereocenters. The summed E-state index contributed by atoms with van der Waals surface area (Å²) in [4.78, 5) is 24.4. The lowest BCUT2D eigenvalue weighted by Crippen LogP contribution is -2.42. The van der Waals surface area contributed by atoms with Gasteiger partial charge in [0.05, 0.1) is 5.75 Å². The number of hydrazine groups is 1. The van der Waals surface area contributed by atoms with Crippen LogP contribution in [0.25, 0.3) is 0 Å². The number of amides is 2. The zero-order valence-corrected chi connectivity index (χ0v) is 13.8. The average Bonchev–Trinajstić information content (AvgIpc) is 2.52. The number of phenolic OH excluding ortho intramolecular Hbond substituents is 1. The third kappa shape index (κ3) is 5.09. The predicted octanol–water partition coefficient (Wildman–Crippen LogP) is 2.71. The SMILES string of the molecule is O=C(CSc1ccc(Br)cc1)NNC(=O)c1cccc(O)c1. The number of halogens is 1.